The molecule has 2 aliphatic rings. The molecule has 0 fully saturated rings. The fourth-order valence-corrected chi connectivity index (χ4v) is 4.26. The van der Waals surface area contributed by atoms with E-state index in [1.807, 2.05) is 19.1 Å². The van der Waals surface area contributed by atoms with Gasteiger partial charge in [-0.1, -0.05) is 18.2 Å². The first kappa shape index (κ1) is 18.4. The van der Waals surface area contributed by atoms with Gasteiger partial charge in [-0.3, -0.25) is 9.59 Å². The van der Waals surface area contributed by atoms with Gasteiger partial charge in [0, 0.05) is 17.7 Å². The van der Waals surface area contributed by atoms with Crippen LogP contribution in [-0.4, -0.2) is 21.6 Å². The predicted molar refractivity (Wildman–Crippen MR) is 102 cm³/mol. The zero-order chi connectivity index (χ0) is 21.3. The Morgan fingerprint density at radius 2 is 1.77 bits per heavy atom. The van der Waals surface area contributed by atoms with E-state index in [0.29, 0.717) is 22.5 Å². The lowest BCUT2D eigenvalue weighted by molar-refractivity contribution is -0.137. The third-order valence-electron chi connectivity index (χ3n) is 5.71. The number of hydrogen-bond acceptors (Lipinski definition) is 3. The van der Waals surface area contributed by atoms with E-state index in [2.05, 4.69) is 15.7 Å². The number of alkyl halides is 3. The molecule has 6 nitrogen and oxygen atoms in total. The summed E-state index contributed by atoms with van der Waals surface area (Å²) in [6.07, 6.45) is -3.05. The van der Waals surface area contributed by atoms with Crippen LogP contribution in [0.2, 0.25) is 0 Å². The summed E-state index contributed by atoms with van der Waals surface area (Å²) < 4.78 is 40.0. The van der Waals surface area contributed by atoms with Crippen molar-refractivity contribution >= 4 is 23.3 Å². The van der Waals surface area contributed by atoms with Gasteiger partial charge in [0.2, 0.25) is 11.8 Å². The summed E-state index contributed by atoms with van der Waals surface area (Å²) in [4.78, 5) is 25.7. The third-order valence-corrected chi connectivity index (χ3v) is 5.71. The maximum atomic E-state index is 13.1. The van der Waals surface area contributed by atoms with E-state index in [-0.39, 0.29) is 24.1 Å². The van der Waals surface area contributed by atoms with Crippen molar-refractivity contribution in [2.24, 2.45) is 0 Å². The highest BCUT2D eigenvalue weighted by Crippen LogP contribution is 2.50. The second-order valence-electron chi connectivity index (χ2n) is 7.45. The number of para-hydroxylation sites is 1. The number of carbonyl (C=O) groups excluding carboxylic acids is 2. The molecule has 2 N–H and O–H groups in total. The van der Waals surface area contributed by atoms with E-state index in [1.54, 1.807) is 6.07 Å². The molecular weight excluding hydrogens is 397 g/mol. The van der Waals surface area contributed by atoms with Crippen LogP contribution in [0.4, 0.5) is 24.7 Å². The van der Waals surface area contributed by atoms with Crippen molar-refractivity contribution in [3.8, 4) is 5.69 Å². The second kappa shape index (κ2) is 5.94. The number of hydrogen-bond donors (Lipinski definition) is 2. The van der Waals surface area contributed by atoms with Gasteiger partial charge in [0.05, 0.1) is 17.4 Å². The highest BCUT2D eigenvalue weighted by atomic mass is 19.4. The largest absolute Gasteiger partial charge is 0.416 e. The van der Waals surface area contributed by atoms with Gasteiger partial charge >= 0.3 is 6.18 Å². The number of carbonyl (C=O) groups is 2. The van der Waals surface area contributed by atoms with Crippen LogP contribution in [-0.2, 0) is 21.2 Å². The number of aromatic nitrogens is 2. The first-order valence-corrected chi connectivity index (χ1v) is 9.19. The number of halogens is 3. The van der Waals surface area contributed by atoms with Gasteiger partial charge in [-0.05, 0) is 42.3 Å². The summed E-state index contributed by atoms with van der Waals surface area (Å²) in [7, 11) is 0. The third kappa shape index (κ3) is 2.41. The molecule has 0 saturated heterocycles. The molecular formula is C21H15F3N4O2. The van der Waals surface area contributed by atoms with Crippen LogP contribution in [0.5, 0.6) is 0 Å². The Hall–Kier alpha value is -3.62. The first-order valence-electron chi connectivity index (χ1n) is 9.19. The molecule has 0 radical (unpaired) electrons. The SMILES string of the molecule is Cc1cccc2c1NC(=O)[C@@]21CC(=O)Nc2c1cnn2-c1ccc(C(F)(F)F)cc1. The van der Waals surface area contributed by atoms with E-state index in [4.69, 9.17) is 0 Å². The molecule has 0 unspecified atom stereocenters. The summed E-state index contributed by atoms with van der Waals surface area (Å²) in [5.74, 6) is -0.425. The van der Waals surface area contributed by atoms with Gasteiger partial charge in [0.15, 0.2) is 0 Å². The van der Waals surface area contributed by atoms with Crippen molar-refractivity contribution in [1.82, 2.24) is 9.78 Å². The molecule has 1 aromatic heterocycles. The number of benzene rings is 2. The van der Waals surface area contributed by atoms with Gasteiger partial charge in [-0.25, -0.2) is 4.68 Å². The molecule has 2 aromatic carbocycles. The van der Waals surface area contributed by atoms with E-state index < -0.39 is 17.2 Å². The highest BCUT2D eigenvalue weighted by Gasteiger charge is 2.54. The minimum atomic E-state index is -4.45. The molecule has 1 atom stereocenters. The van der Waals surface area contributed by atoms with Crippen molar-refractivity contribution in [2.75, 3.05) is 10.6 Å². The summed E-state index contributed by atoms with van der Waals surface area (Å²) in [6.45, 7) is 1.87. The first-order chi connectivity index (χ1) is 14.2. The van der Waals surface area contributed by atoms with Crippen LogP contribution >= 0.6 is 0 Å². The van der Waals surface area contributed by atoms with Crippen LogP contribution in [0.25, 0.3) is 5.69 Å². The van der Waals surface area contributed by atoms with Gasteiger partial charge in [-0.15, -0.1) is 0 Å². The zero-order valence-corrected chi connectivity index (χ0v) is 15.7. The number of amides is 2. The number of anilines is 2. The topological polar surface area (TPSA) is 76.0 Å². The fourth-order valence-electron chi connectivity index (χ4n) is 4.26. The van der Waals surface area contributed by atoms with Crippen LogP contribution < -0.4 is 10.6 Å². The van der Waals surface area contributed by atoms with Crippen molar-refractivity contribution < 1.29 is 22.8 Å². The van der Waals surface area contributed by atoms with Crippen molar-refractivity contribution in [2.45, 2.75) is 24.9 Å². The average Bonchev–Trinajstić information content (AvgIpc) is 3.23. The molecule has 0 saturated carbocycles. The van der Waals surface area contributed by atoms with Crippen LogP contribution in [0, 0.1) is 6.92 Å². The van der Waals surface area contributed by atoms with E-state index in [9.17, 15) is 22.8 Å². The monoisotopic (exact) mass is 412 g/mol. The minimum absolute atomic E-state index is 0.0823. The molecule has 2 amide bonds. The maximum absolute atomic E-state index is 13.1. The van der Waals surface area contributed by atoms with Gasteiger partial charge in [0.25, 0.3) is 0 Å². The quantitative estimate of drug-likeness (QED) is 0.639. The molecule has 3 aromatic rings. The number of rotatable bonds is 1. The maximum Gasteiger partial charge on any atom is 0.416 e. The number of aryl methyl sites for hydroxylation is 1. The Labute approximate surface area is 168 Å². The van der Waals surface area contributed by atoms with Crippen LogP contribution in [0.1, 0.15) is 28.7 Å². The Balaban J connectivity index is 1.68. The van der Waals surface area contributed by atoms with Crippen molar-refractivity contribution in [1.29, 1.82) is 0 Å². The summed E-state index contributed by atoms with van der Waals surface area (Å²) in [5, 5.41) is 9.89. The predicted octanol–water partition coefficient (Wildman–Crippen LogP) is 3.78. The van der Waals surface area contributed by atoms with Crippen molar-refractivity contribution in [3.63, 3.8) is 0 Å². The van der Waals surface area contributed by atoms with Gasteiger partial charge in [0.1, 0.15) is 11.2 Å². The van der Waals surface area contributed by atoms with Gasteiger partial charge < -0.3 is 10.6 Å². The molecule has 3 heterocycles. The molecule has 152 valence electrons. The number of nitrogens with one attached hydrogen (secondary N) is 2. The molecule has 30 heavy (non-hydrogen) atoms. The summed E-state index contributed by atoms with van der Waals surface area (Å²) in [5.41, 5.74) is 1.06. The average molecular weight is 412 g/mol. The minimum Gasteiger partial charge on any atom is -0.324 e. The standard InChI is InChI=1S/C21H15F3N4O2/c1-11-3-2-4-14-17(11)27-19(30)20(14)9-16(29)26-18-15(20)10-25-28(18)13-7-5-12(6-8-13)21(22,23)24/h2-8,10H,9H2,1H3,(H,26,29)(H,27,30)/t20-/m0/s1. The summed E-state index contributed by atoms with van der Waals surface area (Å²) >= 11 is 0. The van der Waals surface area contributed by atoms with E-state index in [0.717, 1.165) is 17.7 Å². The normalized spacial score (nSPS) is 20.0. The smallest absolute Gasteiger partial charge is 0.324 e. The Morgan fingerprint density at radius 1 is 1.03 bits per heavy atom. The molecule has 0 aliphatic carbocycles. The molecule has 9 heteroatoms. The highest BCUT2D eigenvalue weighted by molar-refractivity contribution is 6.15. The second-order valence-corrected chi connectivity index (χ2v) is 7.45. The van der Waals surface area contributed by atoms with Gasteiger partial charge in [-0.2, -0.15) is 18.3 Å². The Morgan fingerprint density at radius 3 is 2.47 bits per heavy atom. The molecule has 1 spiro atoms. The lowest BCUT2D eigenvalue weighted by Gasteiger charge is -2.31. The summed E-state index contributed by atoms with van der Waals surface area (Å²) in [6, 6.07) is 9.94. The van der Waals surface area contributed by atoms with E-state index >= 15 is 0 Å². The molecule has 0 bridgehead atoms. The fraction of sp³-hybridized carbons (Fsp3) is 0.190. The van der Waals surface area contributed by atoms with Crippen molar-refractivity contribution in [3.05, 3.63) is 70.9 Å². The lowest BCUT2D eigenvalue weighted by Crippen LogP contribution is -2.43. The Kier molecular flexibility index (Phi) is 3.65. The van der Waals surface area contributed by atoms with E-state index in [1.165, 1.54) is 23.0 Å². The van der Waals surface area contributed by atoms with Crippen LogP contribution in [0.3, 0.4) is 0 Å². The Bertz CT molecular complexity index is 1210. The molecule has 2 aliphatic heterocycles. The molecule has 5 rings (SSSR count). The zero-order valence-electron chi connectivity index (χ0n) is 15.7. The van der Waals surface area contributed by atoms with Crippen LogP contribution in [0.15, 0.2) is 48.7 Å². The lowest BCUT2D eigenvalue weighted by atomic mass is 9.71. The number of nitrogens with zero attached hydrogens (tertiary/aromatic N) is 2. The number of fused-ring (bicyclic) bond motifs is 4.